The lowest BCUT2D eigenvalue weighted by atomic mass is 10.1. The lowest BCUT2D eigenvalue weighted by Gasteiger charge is -2.18. The Labute approximate surface area is 223 Å². The number of rotatable bonds is 8. The van der Waals surface area contributed by atoms with Crippen LogP contribution in [0.5, 0.6) is 0 Å². The zero-order chi connectivity index (χ0) is 26.4. The van der Waals surface area contributed by atoms with Crippen molar-refractivity contribution in [1.82, 2.24) is 20.6 Å². The second kappa shape index (κ2) is 11.7. The summed E-state index contributed by atoms with van der Waals surface area (Å²) in [6, 6.07) is 20.4. The zero-order valence-corrected chi connectivity index (χ0v) is 21.0. The standard InChI is InChI=1S/C26H24Cl2N6O3/c27-18-8-11-20(29)17(13-18)14-30-25(35)32-21(12-15-4-2-1-3-5-15)24-33-22(23(28)34-24)16-6-9-19(10-7-16)31-26(36)37/h1-11,13,21,31H,12,14,29H2,(H,33,34)(H,36,37)(H2,30,32,35). The highest BCUT2D eigenvalue weighted by Crippen LogP contribution is 2.29. The molecule has 0 spiro atoms. The van der Waals surface area contributed by atoms with Crippen LogP contribution < -0.4 is 21.7 Å². The molecule has 3 amide bonds. The molecule has 1 unspecified atom stereocenters. The number of carboxylic acid groups (broad SMARTS) is 1. The van der Waals surface area contributed by atoms with Gasteiger partial charge in [-0.2, -0.15) is 0 Å². The first-order chi connectivity index (χ1) is 17.8. The second-order valence-corrected chi connectivity index (χ2v) is 9.02. The van der Waals surface area contributed by atoms with Crippen LogP contribution in [0.1, 0.15) is 23.0 Å². The zero-order valence-electron chi connectivity index (χ0n) is 19.5. The molecule has 0 aliphatic carbocycles. The van der Waals surface area contributed by atoms with E-state index in [9.17, 15) is 9.59 Å². The molecule has 3 aromatic carbocycles. The van der Waals surface area contributed by atoms with E-state index in [1.165, 1.54) is 0 Å². The first-order valence-corrected chi connectivity index (χ1v) is 12.0. The van der Waals surface area contributed by atoms with Gasteiger partial charge in [0.15, 0.2) is 0 Å². The third-order valence-corrected chi connectivity index (χ3v) is 6.06. The van der Waals surface area contributed by atoms with Crippen LogP contribution >= 0.6 is 23.2 Å². The Morgan fingerprint density at radius 2 is 1.76 bits per heavy atom. The number of nitrogens with zero attached hydrogens (tertiary/aromatic N) is 1. The van der Waals surface area contributed by atoms with Gasteiger partial charge in [-0.05, 0) is 47.9 Å². The van der Waals surface area contributed by atoms with Crippen molar-refractivity contribution in [2.45, 2.75) is 19.0 Å². The van der Waals surface area contributed by atoms with E-state index in [1.807, 2.05) is 30.3 Å². The van der Waals surface area contributed by atoms with Crippen molar-refractivity contribution in [3.8, 4) is 11.3 Å². The highest BCUT2D eigenvalue weighted by Gasteiger charge is 2.21. The summed E-state index contributed by atoms with van der Waals surface area (Å²) in [6.07, 6.45) is -0.697. The normalized spacial score (nSPS) is 11.5. The maximum absolute atomic E-state index is 12.8. The molecule has 11 heteroatoms. The van der Waals surface area contributed by atoms with Crippen LogP contribution in [0.15, 0.2) is 72.8 Å². The van der Waals surface area contributed by atoms with Crippen LogP contribution in [0.25, 0.3) is 11.3 Å². The number of hydrogen-bond donors (Lipinski definition) is 6. The van der Waals surface area contributed by atoms with Crippen molar-refractivity contribution in [3.63, 3.8) is 0 Å². The summed E-state index contributed by atoms with van der Waals surface area (Å²) in [6.45, 7) is 0.192. The van der Waals surface area contributed by atoms with Crippen LogP contribution in [0.2, 0.25) is 10.2 Å². The largest absolute Gasteiger partial charge is 0.465 e. The number of carbonyl (C=O) groups is 2. The van der Waals surface area contributed by atoms with Gasteiger partial charge < -0.3 is 26.5 Å². The van der Waals surface area contributed by atoms with Crippen molar-refractivity contribution < 1.29 is 14.7 Å². The number of hydrogen-bond acceptors (Lipinski definition) is 4. The summed E-state index contributed by atoms with van der Waals surface area (Å²) in [7, 11) is 0. The van der Waals surface area contributed by atoms with E-state index in [0.717, 1.165) is 5.56 Å². The van der Waals surface area contributed by atoms with Crippen LogP contribution in [0.4, 0.5) is 21.0 Å². The average Bonchev–Trinajstić information content (AvgIpc) is 3.26. The number of aromatic nitrogens is 2. The SMILES string of the molecule is Nc1ccc(Cl)cc1CNC(=O)NC(Cc1ccccc1)c1nc(-c2ccc(NC(=O)O)cc2)c(Cl)[nH]1. The number of nitrogen functional groups attached to an aromatic ring is 1. The number of carbonyl (C=O) groups excluding carboxylic acids is 1. The second-order valence-electron chi connectivity index (χ2n) is 8.20. The summed E-state index contributed by atoms with van der Waals surface area (Å²) in [5.74, 6) is 0.467. The predicted molar refractivity (Wildman–Crippen MR) is 145 cm³/mol. The molecular weight excluding hydrogens is 515 g/mol. The van der Waals surface area contributed by atoms with Gasteiger partial charge in [0.25, 0.3) is 0 Å². The number of nitrogens with one attached hydrogen (secondary N) is 4. The van der Waals surface area contributed by atoms with Crippen molar-refractivity contribution in [1.29, 1.82) is 0 Å². The first kappa shape index (κ1) is 25.9. The van der Waals surface area contributed by atoms with Crippen LogP contribution in [-0.2, 0) is 13.0 Å². The fourth-order valence-corrected chi connectivity index (χ4v) is 4.18. The minimum Gasteiger partial charge on any atom is -0.465 e. The molecule has 9 nitrogen and oxygen atoms in total. The lowest BCUT2D eigenvalue weighted by molar-refractivity contribution is 0.209. The maximum Gasteiger partial charge on any atom is 0.409 e. The third-order valence-electron chi connectivity index (χ3n) is 5.55. The van der Waals surface area contributed by atoms with Gasteiger partial charge >= 0.3 is 12.1 Å². The lowest BCUT2D eigenvalue weighted by Crippen LogP contribution is -2.39. The Bertz CT molecular complexity index is 1390. The van der Waals surface area contributed by atoms with E-state index in [2.05, 4.69) is 25.9 Å². The summed E-state index contributed by atoms with van der Waals surface area (Å²) in [5.41, 5.74) is 9.78. The maximum atomic E-state index is 12.8. The van der Waals surface area contributed by atoms with Gasteiger partial charge in [0.1, 0.15) is 16.7 Å². The van der Waals surface area contributed by atoms with Crippen LogP contribution in [0, 0.1) is 0 Å². The summed E-state index contributed by atoms with van der Waals surface area (Å²) >= 11 is 12.5. The minimum atomic E-state index is -1.15. The fraction of sp³-hybridized carbons (Fsp3) is 0.115. The molecule has 37 heavy (non-hydrogen) atoms. The van der Waals surface area contributed by atoms with Gasteiger partial charge in [0.2, 0.25) is 0 Å². The number of imidazole rings is 1. The van der Waals surface area contributed by atoms with E-state index in [4.69, 9.17) is 34.0 Å². The number of nitrogens with two attached hydrogens (primary N) is 1. The molecule has 4 rings (SSSR count). The number of anilines is 2. The molecule has 0 saturated heterocycles. The molecule has 1 heterocycles. The molecule has 0 saturated carbocycles. The molecule has 190 valence electrons. The Morgan fingerprint density at radius 1 is 1.03 bits per heavy atom. The molecule has 0 bridgehead atoms. The fourth-order valence-electron chi connectivity index (χ4n) is 3.74. The van der Waals surface area contributed by atoms with Gasteiger partial charge in [-0.15, -0.1) is 0 Å². The minimum absolute atomic E-state index is 0.192. The Morgan fingerprint density at radius 3 is 2.46 bits per heavy atom. The highest BCUT2D eigenvalue weighted by molar-refractivity contribution is 6.32. The van der Waals surface area contributed by atoms with Crippen molar-refractivity contribution >= 4 is 46.7 Å². The van der Waals surface area contributed by atoms with Crippen molar-refractivity contribution in [2.24, 2.45) is 0 Å². The van der Waals surface area contributed by atoms with E-state index in [-0.39, 0.29) is 6.54 Å². The number of benzene rings is 3. The molecule has 0 fully saturated rings. The van der Waals surface area contributed by atoms with Crippen molar-refractivity contribution in [2.75, 3.05) is 11.1 Å². The summed E-state index contributed by atoms with van der Waals surface area (Å²) in [5, 5.41) is 17.8. The molecule has 4 aromatic rings. The molecule has 0 aliphatic rings. The number of H-pyrrole nitrogens is 1. The van der Waals surface area contributed by atoms with Gasteiger partial charge in [0, 0.05) is 28.5 Å². The average molecular weight is 539 g/mol. The van der Waals surface area contributed by atoms with E-state index >= 15 is 0 Å². The van der Waals surface area contributed by atoms with Crippen LogP contribution in [0.3, 0.4) is 0 Å². The van der Waals surface area contributed by atoms with Gasteiger partial charge in [0.05, 0.1) is 6.04 Å². The van der Waals surface area contributed by atoms with E-state index in [1.54, 1.807) is 42.5 Å². The predicted octanol–water partition coefficient (Wildman–Crippen LogP) is 5.84. The quantitative estimate of drug-likeness (QED) is 0.156. The summed E-state index contributed by atoms with van der Waals surface area (Å²) in [4.78, 5) is 31.4. The molecule has 0 radical (unpaired) electrons. The summed E-state index contributed by atoms with van der Waals surface area (Å²) < 4.78 is 0. The number of urea groups is 1. The molecule has 0 aliphatic heterocycles. The molecule has 7 N–H and O–H groups in total. The number of halogens is 2. The van der Waals surface area contributed by atoms with Gasteiger partial charge in [-0.3, -0.25) is 5.32 Å². The molecular formula is C26H24Cl2N6O3. The third kappa shape index (κ3) is 6.93. The van der Waals surface area contributed by atoms with Gasteiger partial charge in [-0.1, -0.05) is 65.7 Å². The first-order valence-electron chi connectivity index (χ1n) is 11.3. The highest BCUT2D eigenvalue weighted by atomic mass is 35.5. The Hall–Kier alpha value is -4.21. The monoisotopic (exact) mass is 538 g/mol. The van der Waals surface area contributed by atoms with E-state index < -0.39 is 18.2 Å². The number of aromatic amines is 1. The van der Waals surface area contributed by atoms with Crippen molar-refractivity contribution in [3.05, 3.63) is 99.9 Å². The number of amides is 3. The molecule has 1 aromatic heterocycles. The van der Waals surface area contributed by atoms with Crippen LogP contribution in [-0.4, -0.2) is 27.2 Å². The topological polar surface area (TPSA) is 145 Å². The molecule has 1 atom stereocenters. The Kier molecular flexibility index (Phi) is 8.17. The van der Waals surface area contributed by atoms with E-state index in [0.29, 0.717) is 50.6 Å². The Balaban J connectivity index is 1.54. The van der Waals surface area contributed by atoms with Gasteiger partial charge in [-0.25, -0.2) is 14.6 Å². The smallest absolute Gasteiger partial charge is 0.409 e.